The van der Waals surface area contributed by atoms with E-state index in [1.54, 1.807) is 12.4 Å². The maximum absolute atomic E-state index is 12.4. The van der Waals surface area contributed by atoms with Crippen LogP contribution in [0.5, 0.6) is 0 Å². The molecule has 0 bridgehead atoms. The minimum Gasteiger partial charge on any atom is -0.361 e. The van der Waals surface area contributed by atoms with Crippen molar-refractivity contribution in [2.75, 3.05) is 10.6 Å². The molecule has 0 aliphatic carbocycles. The summed E-state index contributed by atoms with van der Waals surface area (Å²) in [4.78, 5) is 19.7. The molecular formula is C22H19BrN4O. The minimum atomic E-state index is -0.00912. The van der Waals surface area contributed by atoms with Crippen molar-refractivity contribution >= 4 is 49.8 Å². The van der Waals surface area contributed by atoms with E-state index in [2.05, 4.69) is 42.6 Å². The third kappa shape index (κ3) is 4.23. The Labute approximate surface area is 171 Å². The van der Waals surface area contributed by atoms with Gasteiger partial charge in [-0.2, -0.15) is 0 Å². The zero-order chi connectivity index (χ0) is 19.3. The number of benzene rings is 2. The first-order valence-corrected chi connectivity index (χ1v) is 9.80. The Bertz CT molecular complexity index is 1110. The van der Waals surface area contributed by atoms with Gasteiger partial charge in [0.05, 0.1) is 17.6 Å². The van der Waals surface area contributed by atoms with Crippen LogP contribution in [-0.4, -0.2) is 15.9 Å². The summed E-state index contributed by atoms with van der Waals surface area (Å²) in [6, 6.07) is 17.6. The second-order valence-corrected chi connectivity index (χ2v) is 7.32. The number of hydrogen-bond donors (Lipinski definition) is 3. The molecule has 6 heteroatoms. The number of aromatic nitrogens is 2. The van der Waals surface area contributed by atoms with E-state index in [0.29, 0.717) is 12.8 Å². The highest BCUT2D eigenvalue weighted by molar-refractivity contribution is 9.10. The number of pyridine rings is 1. The summed E-state index contributed by atoms with van der Waals surface area (Å²) in [6.07, 6.45) is 6.59. The van der Waals surface area contributed by atoms with Crippen LogP contribution >= 0.6 is 15.9 Å². The van der Waals surface area contributed by atoms with Gasteiger partial charge in [-0.25, -0.2) is 0 Å². The number of aryl methyl sites for hydroxylation is 1. The molecule has 2 aromatic heterocycles. The lowest BCUT2D eigenvalue weighted by molar-refractivity contribution is -0.116. The molecule has 0 saturated heterocycles. The van der Waals surface area contributed by atoms with E-state index in [-0.39, 0.29) is 5.91 Å². The summed E-state index contributed by atoms with van der Waals surface area (Å²) >= 11 is 3.55. The fourth-order valence-corrected chi connectivity index (χ4v) is 3.57. The lowest BCUT2D eigenvalue weighted by Crippen LogP contribution is -2.12. The largest absolute Gasteiger partial charge is 0.361 e. The van der Waals surface area contributed by atoms with Gasteiger partial charge >= 0.3 is 0 Å². The first-order chi connectivity index (χ1) is 13.7. The number of amides is 1. The zero-order valence-corrected chi connectivity index (χ0v) is 16.7. The van der Waals surface area contributed by atoms with Crippen molar-refractivity contribution in [2.45, 2.75) is 12.8 Å². The van der Waals surface area contributed by atoms with E-state index in [1.807, 2.05) is 54.7 Å². The molecule has 2 heterocycles. The quantitative estimate of drug-likeness (QED) is 0.367. The van der Waals surface area contributed by atoms with Gasteiger partial charge in [-0.15, -0.1) is 0 Å². The van der Waals surface area contributed by atoms with Crippen LogP contribution in [0.25, 0.3) is 10.9 Å². The molecule has 0 aliphatic heterocycles. The molecule has 0 fully saturated rings. The summed E-state index contributed by atoms with van der Waals surface area (Å²) < 4.78 is 0.866. The second kappa shape index (κ2) is 8.27. The van der Waals surface area contributed by atoms with Gasteiger partial charge in [0.25, 0.3) is 0 Å². The number of nitrogens with one attached hydrogen (secondary N) is 3. The molecule has 4 aromatic rings. The third-order valence-corrected chi connectivity index (χ3v) is 5.15. The third-order valence-electron chi connectivity index (χ3n) is 4.49. The van der Waals surface area contributed by atoms with Gasteiger partial charge < -0.3 is 15.6 Å². The molecule has 4 rings (SSSR count). The number of hydrogen-bond acceptors (Lipinski definition) is 3. The molecule has 2 aromatic carbocycles. The van der Waals surface area contributed by atoms with Crippen molar-refractivity contribution in [3.63, 3.8) is 0 Å². The molecule has 0 radical (unpaired) electrons. The van der Waals surface area contributed by atoms with Gasteiger partial charge in [-0.3, -0.25) is 9.78 Å². The maximum atomic E-state index is 12.4. The van der Waals surface area contributed by atoms with E-state index in [0.717, 1.165) is 32.6 Å². The highest BCUT2D eigenvalue weighted by Gasteiger charge is 2.08. The van der Waals surface area contributed by atoms with Crippen LogP contribution < -0.4 is 10.6 Å². The van der Waals surface area contributed by atoms with Gasteiger partial charge in [-0.1, -0.05) is 18.2 Å². The van der Waals surface area contributed by atoms with Gasteiger partial charge in [0.1, 0.15) is 0 Å². The summed E-state index contributed by atoms with van der Waals surface area (Å²) in [5.41, 5.74) is 4.82. The number of halogens is 1. The monoisotopic (exact) mass is 434 g/mol. The van der Waals surface area contributed by atoms with Crippen molar-refractivity contribution in [3.05, 3.63) is 83.2 Å². The molecule has 0 aliphatic rings. The van der Waals surface area contributed by atoms with Crippen molar-refractivity contribution in [2.24, 2.45) is 0 Å². The fourth-order valence-electron chi connectivity index (χ4n) is 3.10. The smallest absolute Gasteiger partial charge is 0.224 e. The first kappa shape index (κ1) is 18.3. The average Bonchev–Trinajstić information content (AvgIpc) is 3.12. The van der Waals surface area contributed by atoms with Crippen LogP contribution in [0.2, 0.25) is 0 Å². The average molecular weight is 435 g/mol. The molecule has 1 amide bonds. The Balaban J connectivity index is 1.37. The van der Waals surface area contributed by atoms with Crippen LogP contribution in [-0.2, 0) is 11.2 Å². The van der Waals surface area contributed by atoms with E-state index in [4.69, 9.17) is 0 Å². The van der Waals surface area contributed by atoms with Crippen LogP contribution in [0.1, 0.15) is 12.0 Å². The number of aromatic amines is 1. The molecule has 28 heavy (non-hydrogen) atoms. The van der Waals surface area contributed by atoms with Crippen LogP contribution in [0.3, 0.4) is 0 Å². The fraction of sp³-hybridized carbons (Fsp3) is 0.0909. The Hall–Kier alpha value is -3.12. The number of anilines is 3. The summed E-state index contributed by atoms with van der Waals surface area (Å²) in [6.45, 7) is 0. The molecule has 140 valence electrons. The predicted octanol–water partition coefficient (Wildman–Crippen LogP) is 5.64. The number of nitrogens with zero attached hydrogens (tertiary/aromatic N) is 1. The van der Waals surface area contributed by atoms with Gasteiger partial charge in [0.2, 0.25) is 5.91 Å². The molecule has 0 atom stereocenters. The van der Waals surface area contributed by atoms with E-state index in [1.165, 1.54) is 5.39 Å². The molecular weight excluding hydrogens is 416 g/mol. The lowest BCUT2D eigenvalue weighted by Gasteiger charge is -2.11. The SMILES string of the molecule is O=C(CCc1c[nH]c2ccccc12)Nc1ccc(Nc2cccnc2)c(Br)c1. The van der Waals surface area contributed by atoms with Crippen LogP contribution in [0.4, 0.5) is 17.1 Å². The van der Waals surface area contributed by atoms with Crippen molar-refractivity contribution < 1.29 is 4.79 Å². The number of rotatable bonds is 6. The second-order valence-electron chi connectivity index (χ2n) is 6.47. The maximum Gasteiger partial charge on any atom is 0.224 e. The van der Waals surface area contributed by atoms with Crippen LogP contribution in [0, 0.1) is 0 Å². The van der Waals surface area contributed by atoms with E-state index in [9.17, 15) is 4.79 Å². The molecule has 0 spiro atoms. The highest BCUT2D eigenvalue weighted by atomic mass is 79.9. The van der Waals surface area contributed by atoms with Gasteiger partial charge in [0.15, 0.2) is 0 Å². The summed E-state index contributed by atoms with van der Waals surface area (Å²) in [7, 11) is 0. The van der Waals surface area contributed by atoms with Gasteiger partial charge in [0, 0.05) is 39.9 Å². The van der Waals surface area contributed by atoms with E-state index >= 15 is 0 Å². The van der Waals surface area contributed by atoms with Crippen LogP contribution in [0.15, 0.2) is 77.7 Å². The van der Waals surface area contributed by atoms with E-state index < -0.39 is 0 Å². The Morgan fingerprint density at radius 2 is 1.96 bits per heavy atom. The number of carbonyl (C=O) groups is 1. The summed E-state index contributed by atoms with van der Waals surface area (Å²) in [5.74, 6) is -0.00912. The standard InChI is InChI=1S/C22H19BrN4O/c23-19-12-16(8-9-21(19)26-17-4-3-11-24-14-17)27-22(28)10-7-15-13-25-20-6-2-1-5-18(15)20/h1-6,8-9,11-14,25-26H,7,10H2,(H,27,28). The lowest BCUT2D eigenvalue weighted by atomic mass is 10.1. The molecule has 0 unspecified atom stereocenters. The zero-order valence-electron chi connectivity index (χ0n) is 15.1. The van der Waals surface area contributed by atoms with Crippen molar-refractivity contribution in [1.29, 1.82) is 0 Å². The topological polar surface area (TPSA) is 69.8 Å². The summed E-state index contributed by atoms with van der Waals surface area (Å²) in [5, 5.41) is 7.42. The Morgan fingerprint density at radius 1 is 1.07 bits per heavy atom. The number of carbonyl (C=O) groups excluding carboxylic acids is 1. The van der Waals surface area contributed by atoms with Gasteiger partial charge in [-0.05, 0) is 64.3 Å². The molecule has 3 N–H and O–H groups in total. The number of para-hydroxylation sites is 1. The normalized spacial score (nSPS) is 10.8. The number of fused-ring (bicyclic) bond motifs is 1. The van der Waals surface area contributed by atoms with Crippen molar-refractivity contribution in [1.82, 2.24) is 9.97 Å². The molecule has 0 saturated carbocycles. The predicted molar refractivity (Wildman–Crippen MR) is 117 cm³/mol. The van der Waals surface area contributed by atoms with Crippen molar-refractivity contribution in [3.8, 4) is 0 Å². The Kier molecular flexibility index (Phi) is 5.39. The molecule has 5 nitrogen and oxygen atoms in total. The highest BCUT2D eigenvalue weighted by Crippen LogP contribution is 2.28. The number of H-pyrrole nitrogens is 1. The Morgan fingerprint density at radius 3 is 2.79 bits per heavy atom. The minimum absolute atomic E-state index is 0.00912. The first-order valence-electron chi connectivity index (χ1n) is 9.00.